The zero-order valence-electron chi connectivity index (χ0n) is 13.3. The van der Waals surface area contributed by atoms with Gasteiger partial charge in [-0.1, -0.05) is 27.7 Å². The monoisotopic (exact) mass is 295 g/mol. The second-order valence-corrected chi connectivity index (χ2v) is 5.28. The molecule has 1 aromatic rings. The number of nitrogens with one attached hydrogen (secondary N) is 1. The quantitative estimate of drug-likeness (QED) is 0.772. The summed E-state index contributed by atoms with van der Waals surface area (Å²) < 4.78 is 5.60. The molecule has 5 heteroatoms. The van der Waals surface area contributed by atoms with Crippen LogP contribution in [0.3, 0.4) is 0 Å². The topological polar surface area (TPSA) is 79.5 Å². The molecule has 1 aromatic heterocycles. The van der Waals surface area contributed by atoms with Crippen molar-refractivity contribution in [2.45, 2.75) is 65.3 Å². The summed E-state index contributed by atoms with van der Waals surface area (Å²) in [5.41, 5.74) is 0.300. The third kappa shape index (κ3) is 4.09. The first-order chi connectivity index (χ1) is 9.91. The molecule has 0 saturated carbocycles. The molecule has 0 fully saturated rings. The van der Waals surface area contributed by atoms with Crippen LogP contribution in [0.1, 0.15) is 68.8 Å². The highest BCUT2D eigenvalue weighted by Gasteiger charge is 2.32. The van der Waals surface area contributed by atoms with E-state index >= 15 is 0 Å². The Morgan fingerprint density at radius 1 is 1.19 bits per heavy atom. The van der Waals surface area contributed by atoms with Crippen molar-refractivity contribution in [3.05, 3.63) is 23.2 Å². The van der Waals surface area contributed by atoms with E-state index < -0.39 is 11.5 Å². The minimum absolute atomic E-state index is 0.0896. The standard InChI is InChI=1S/C16H25NO4/c1-5-11-9-13(21-12(11)6-2)15(20)17-16(7-3,8-4)10-14(18)19/h9H,5-8,10H2,1-4H3,(H,17,20)(H,18,19). The molecule has 0 spiro atoms. The van der Waals surface area contributed by atoms with E-state index in [1.807, 2.05) is 27.7 Å². The van der Waals surface area contributed by atoms with E-state index in [2.05, 4.69) is 5.32 Å². The Bertz CT molecular complexity index is 479. The number of carboxylic acid groups (broad SMARTS) is 1. The van der Waals surface area contributed by atoms with Gasteiger partial charge in [-0.3, -0.25) is 9.59 Å². The Hall–Kier alpha value is -1.78. The molecule has 0 aliphatic rings. The fourth-order valence-corrected chi connectivity index (χ4v) is 2.49. The third-order valence-corrected chi connectivity index (χ3v) is 4.04. The minimum Gasteiger partial charge on any atom is -0.481 e. The number of carbonyl (C=O) groups is 2. The van der Waals surface area contributed by atoms with Crippen molar-refractivity contribution >= 4 is 11.9 Å². The summed E-state index contributed by atoms with van der Waals surface area (Å²) in [6.07, 6.45) is 2.57. The molecular weight excluding hydrogens is 270 g/mol. The van der Waals surface area contributed by atoms with Gasteiger partial charge in [0.25, 0.3) is 5.91 Å². The Labute approximate surface area is 125 Å². The zero-order valence-corrected chi connectivity index (χ0v) is 13.3. The molecule has 0 bridgehead atoms. The number of aliphatic carboxylic acids is 1. The number of furan rings is 1. The highest BCUT2D eigenvalue weighted by molar-refractivity contribution is 5.92. The van der Waals surface area contributed by atoms with E-state index in [4.69, 9.17) is 9.52 Å². The van der Waals surface area contributed by atoms with Gasteiger partial charge in [0, 0.05) is 6.42 Å². The number of aryl methyl sites for hydroxylation is 2. The van der Waals surface area contributed by atoms with Crippen LogP contribution in [0.15, 0.2) is 10.5 Å². The molecule has 2 N–H and O–H groups in total. The maximum atomic E-state index is 12.4. The van der Waals surface area contributed by atoms with Crippen molar-refractivity contribution in [3.8, 4) is 0 Å². The molecule has 118 valence electrons. The molecule has 5 nitrogen and oxygen atoms in total. The van der Waals surface area contributed by atoms with Gasteiger partial charge in [-0.2, -0.15) is 0 Å². The molecule has 0 saturated heterocycles. The maximum absolute atomic E-state index is 12.4. The summed E-state index contributed by atoms with van der Waals surface area (Å²) >= 11 is 0. The van der Waals surface area contributed by atoms with Crippen molar-refractivity contribution in [3.63, 3.8) is 0 Å². The van der Waals surface area contributed by atoms with Gasteiger partial charge in [0.1, 0.15) is 5.76 Å². The number of hydrogen-bond acceptors (Lipinski definition) is 3. The van der Waals surface area contributed by atoms with Crippen molar-refractivity contribution in [1.29, 1.82) is 0 Å². The number of hydrogen-bond donors (Lipinski definition) is 2. The number of carboxylic acids is 1. The van der Waals surface area contributed by atoms with Crippen LogP contribution in [0.2, 0.25) is 0 Å². The largest absolute Gasteiger partial charge is 0.481 e. The van der Waals surface area contributed by atoms with Crippen LogP contribution in [-0.2, 0) is 17.6 Å². The van der Waals surface area contributed by atoms with Gasteiger partial charge in [-0.15, -0.1) is 0 Å². The van der Waals surface area contributed by atoms with Crippen molar-refractivity contribution in [2.24, 2.45) is 0 Å². The Morgan fingerprint density at radius 2 is 1.81 bits per heavy atom. The van der Waals surface area contributed by atoms with Gasteiger partial charge >= 0.3 is 5.97 Å². The SMILES string of the molecule is CCc1cc(C(=O)NC(CC)(CC)CC(=O)O)oc1CC. The third-order valence-electron chi connectivity index (χ3n) is 4.04. The lowest BCUT2D eigenvalue weighted by Crippen LogP contribution is -2.49. The van der Waals surface area contributed by atoms with Crippen LogP contribution in [-0.4, -0.2) is 22.5 Å². The average molecular weight is 295 g/mol. The van der Waals surface area contributed by atoms with E-state index in [0.29, 0.717) is 12.8 Å². The Kier molecular flexibility index (Phi) is 6.00. The van der Waals surface area contributed by atoms with E-state index in [9.17, 15) is 9.59 Å². The smallest absolute Gasteiger partial charge is 0.305 e. The second kappa shape index (κ2) is 7.29. The molecular formula is C16H25NO4. The lowest BCUT2D eigenvalue weighted by molar-refractivity contribution is -0.138. The molecule has 0 atom stereocenters. The summed E-state index contributed by atoms with van der Waals surface area (Å²) in [4.78, 5) is 23.4. The van der Waals surface area contributed by atoms with Gasteiger partial charge in [-0.25, -0.2) is 0 Å². The van der Waals surface area contributed by atoms with E-state index in [0.717, 1.165) is 24.2 Å². The summed E-state index contributed by atoms with van der Waals surface area (Å²) in [5, 5.41) is 11.9. The molecule has 1 amide bonds. The van der Waals surface area contributed by atoms with E-state index in [-0.39, 0.29) is 18.1 Å². The molecule has 0 aliphatic carbocycles. The van der Waals surface area contributed by atoms with Gasteiger partial charge < -0.3 is 14.8 Å². The van der Waals surface area contributed by atoms with Crippen molar-refractivity contribution in [2.75, 3.05) is 0 Å². The normalized spacial score (nSPS) is 11.4. The molecule has 0 aliphatic heterocycles. The van der Waals surface area contributed by atoms with Crippen LogP contribution < -0.4 is 5.32 Å². The minimum atomic E-state index is -0.915. The van der Waals surface area contributed by atoms with E-state index in [1.54, 1.807) is 6.07 Å². The van der Waals surface area contributed by atoms with Gasteiger partial charge in [0.05, 0.1) is 12.0 Å². The predicted molar refractivity (Wildman–Crippen MR) is 80.5 cm³/mol. The lowest BCUT2D eigenvalue weighted by Gasteiger charge is -2.30. The highest BCUT2D eigenvalue weighted by atomic mass is 16.4. The van der Waals surface area contributed by atoms with Crippen LogP contribution >= 0.6 is 0 Å². The molecule has 1 heterocycles. The van der Waals surface area contributed by atoms with E-state index in [1.165, 1.54) is 0 Å². The second-order valence-electron chi connectivity index (χ2n) is 5.28. The number of amides is 1. The van der Waals surface area contributed by atoms with Crippen molar-refractivity contribution in [1.82, 2.24) is 5.32 Å². The highest BCUT2D eigenvalue weighted by Crippen LogP contribution is 2.22. The van der Waals surface area contributed by atoms with Gasteiger partial charge in [-0.05, 0) is 30.9 Å². The predicted octanol–water partition coefficient (Wildman–Crippen LogP) is 3.17. The van der Waals surface area contributed by atoms with Crippen molar-refractivity contribution < 1.29 is 19.1 Å². The number of carbonyl (C=O) groups excluding carboxylic acids is 1. The van der Waals surface area contributed by atoms with Crippen LogP contribution in [0.4, 0.5) is 0 Å². The molecule has 0 radical (unpaired) electrons. The zero-order chi connectivity index (χ0) is 16.0. The fourth-order valence-electron chi connectivity index (χ4n) is 2.49. The Balaban J connectivity index is 2.96. The molecule has 0 unspecified atom stereocenters. The summed E-state index contributed by atoms with van der Waals surface area (Å²) in [7, 11) is 0. The molecule has 0 aromatic carbocycles. The first-order valence-electron chi connectivity index (χ1n) is 7.57. The molecule has 21 heavy (non-hydrogen) atoms. The van der Waals surface area contributed by atoms with Crippen LogP contribution in [0.25, 0.3) is 0 Å². The first kappa shape index (κ1) is 17.3. The summed E-state index contributed by atoms with van der Waals surface area (Å²) in [5.74, 6) is -0.170. The van der Waals surface area contributed by atoms with Gasteiger partial charge in [0.15, 0.2) is 5.76 Å². The fraction of sp³-hybridized carbons (Fsp3) is 0.625. The van der Waals surface area contributed by atoms with Gasteiger partial charge in [0.2, 0.25) is 0 Å². The van der Waals surface area contributed by atoms with Crippen LogP contribution in [0.5, 0.6) is 0 Å². The first-order valence-corrected chi connectivity index (χ1v) is 7.57. The van der Waals surface area contributed by atoms with Crippen LogP contribution in [0, 0.1) is 0 Å². The number of rotatable bonds is 8. The summed E-state index contributed by atoms with van der Waals surface area (Å²) in [6, 6.07) is 1.75. The maximum Gasteiger partial charge on any atom is 0.305 e. The Morgan fingerprint density at radius 3 is 2.19 bits per heavy atom. The average Bonchev–Trinajstić information content (AvgIpc) is 2.89. The summed E-state index contributed by atoms with van der Waals surface area (Å²) in [6.45, 7) is 7.75. The molecule has 1 rings (SSSR count). The lowest BCUT2D eigenvalue weighted by atomic mass is 9.89.